The van der Waals surface area contributed by atoms with Crippen LogP contribution in [0, 0.1) is 5.92 Å². The largest absolute Gasteiger partial charge is 0.468 e. The molecule has 1 saturated heterocycles. The van der Waals surface area contributed by atoms with Crippen molar-refractivity contribution in [2.24, 2.45) is 5.92 Å². The SMILES string of the molecule is CC(=O)OC1CCN(Cc2ccco2)C(C)C1C.Cl. The van der Waals surface area contributed by atoms with Crippen LogP contribution in [0.5, 0.6) is 0 Å². The smallest absolute Gasteiger partial charge is 0.302 e. The normalized spacial score (nSPS) is 27.6. The van der Waals surface area contributed by atoms with Crippen molar-refractivity contribution in [2.75, 3.05) is 6.54 Å². The Hall–Kier alpha value is -1.00. The highest BCUT2D eigenvalue weighted by molar-refractivity contribution is 5.85. The van der Waals surface area contributed by atoms with Crippen LogP contribution in [0.15, 0.2) is 22.8 Å². The molecule has 0 amide bonds. The number of rotatable bonds is 3. The van der Waals surface area contributed by atoms with Crippen molar-refractivity contribution in [3.8, 4) is 0 Å². The Morgan fingerprint density at radius 1 is 1.53 bits per heavy atom. The van der Waals surface area contributed by atoms with Gasteiger partial charge >= 0.3 is 5.97 Å². The summed E-state index contributed by atoms with van der Waals surface area (Å²) in [5, 5.41) is 0. The number of carbonyl (C=O) groups is 1. The zero-order valence-corrected chi connectivity index (χ0v) is 12.5. The molecule has 0 bridgehead atoms. The van der Waals surface area contributed by atoms with E-state index >= 15 is 0 Å². The van der Waals surface area contributed by atoms with E-state index in [2.05, 4.69) is 18.7 Å². The van der Waals surface area contributed by atoms with E-state index in [1.54, 1.807) is 6.26 Å². The number of nitrogens with zero attached hydrogens (tertiary/aromatic N) is 1. The van der Waals surface area contributed by atoms with Crippen LogP contribution >= 0.6 is 12.4 Å². The maximum absolute atomic E-state index is 11.1. The van der Waals surface area contributed by atoms with Gasteiger partial charge in [-0.15, -0.1) is 12.4 Å². The van der Waals surface area contributed by atoms with E-state index in [1.807, 2.05) is 12.1 Å². The van der Waals surface area contributed by atoms with Gasteiger partial charge in [-0.1, -0.05) is 6.92 Å². The van der Waals surface area contributed by atoms with E-state index in [9.17, 15) is 4.79 Å². The van der Waals surface area contributed by atoms with Gasteiger partial charge in [-0.2, -0.15) is 0 Å². The quantitative estimate of drug-likeness (QED) is 0.802. The Morgan fingerprint density at radius 2 is 2.26 bits per heavy atom. The topological polar surface area (TPSA) is 42.7 Å². The second-order valence-electron chi connectivity index (χ2n) is 5.09. The summed E-state index contributed by atoms with van der Waals surface area (Å²) in [5.74, 6) is 1.15. The summed E-state index contributed by atoms with van der Waals surface area (Å²) >= 11 is 0. The number of halogens is 1. The number of hydrogen-bond donors (Lipinski definition) is 0. The summed E-state index contributed by atoms with van der Waals surface area (Å²) in [6.07, 6.45) is 2.64. The van der Waals surface area contributed by atoms with Crippen molar-refractivity contribution in [3.63, 3.8) is 0 Å². The number of furan rings is 1. The first kappa shape index (κ1) is 16.1. The molecule has 0 N–H and O–H groups in total. The monoisotopic (exact) mass is 287 g/mol. The average Bonchev–Trinajstić information content (AvgIpc) is 2.81. The highest BCUT2D eigenvalue weighted by atomic mass is 35.5. The summed E-state index contributed by atoms with van der Waals surface area (Å²) in [6.45, 7) is 7.57. The lowest BCUT2D eigenvalue weighted by Crippen LogP contribution is -2.49. The van der Waals surface area contributed by atoms with E-state index in [4.69, 9.17) is 9.15 Å². The van der Waals surface area contributed by atoms with Gasteiger partial charge in [0.1, 0.15) is 11.9 Å². The molecule has 1 fully saturated rings. The lowest BCUT2D eigenvalue weighted by Gasteiger charge is -2.41. The summed E-state index contributed by atoms with van der Waals surface area (Å²) < 4.78 is 10.8. The molecule has 1 aromatic heterocycles. The molecule has 0 spiro atoms. The predicted molar refractivity (Wildman–Crippen MR) is 75.2 cm³/mol. The minimum absolute atomic E-state index is 0. The predicted octanol–water partition coefficient (Wildman–Crippen LogP) is 2.86. The maximum Gasteiger partial charge on any atom is 0.302 e. The molecule has 1 aliphatic rings. The molecule has 0 radical (unpaired) electrons. The highest BCUT2D eigenvalue weighted by Crippen LogP contribution is 2.27. The first-order chi connectivity index (χ1) is 8.58. The van der Waals surface area contributed by atoms with Gasteiger partial charge in [-0.3, -0.25) is 9.69 Å². The third-order valence-electron chi connectivity index (χ3n) is 3.88. The molecule has 108 valence electrons. The number of hydrogen-bond acceptors (Lipinski definition) is 4. The Balaban J connectivity index is 0.00000180. The van der Waals surface area contributed by atoms with Gasteiger partial charge in [0.05, 0.1) is 12.8 Å². The second-order valence-corrected chi connectivity index (χ2v) is 5.09. The summed E-state index contributed by atoms with van der Waals surface area (Å²) in [4.78, 5) is 13.4. The minimum Gasteiger partial charge on any atom is -0.468 e. The van der Waals surface area contributed by atoms with Crippen LogP contribution in [-0.2, 0) is 16.1 Å². The molecule has 2 rings (SSSR count). The standard InChI is InChI=1S/C14H21NO3.ClH/c1-10-11(2)15(9-13-5-4-8-17-13)7-6-14(10)18-12(3)16;/h4-5,8,10-11,14H,6-7,9H2,1-3H3;1H. The number of esters is 1. The fourth-order valence-electron chi connectivity index (χ4n) is 2.61. The molecule has 4 nitrogen and oxygen atoms in total. The molecule has 0 aliphatic carbocycles. The van der Waals surface area contributed by atoms with Crippen LogP contribution in [0.3, 0.4) is 0 Å². The van der Waals surface area contributed by atoms with Gasteiger partial charge in [0, 0.05) is 25.4 Å². The van der Waals surface area contributed by atoms with Crippen LogP contribution in [0.2, 0.25) is 0 Å². The first-order valence-corrected chi connectivity index (χ1v) is 6.51. The number of ether oxygens (including phenoxy) is 1. The second kappa shape index (κ2) is 6.96. The van der Waals surface area contributed by atoms with Crippen molar-refractivity contribution in [2.45, 2.75) is 45.9 Å². The Bertz CT molecular complexity index is 393. The lowest BCUT2D eigenvalue weighted by molar-refractivity contribution is -0.153. The van der Waals surface area contributed by atoms with Gasteiger partial charge < -0.3 is 9.15 Å². The zero-order chi connectivity index (χ0) is 13.1. The molecule has 3 unspecified atom stereocenters. The van der Waals surface area contributed by atoms with Crippen LogP contribution in [0.25, 0.3) is 0 Å². The van der Waals surface area contributed by atoms with E-state index in [0.29, 0.717) is 12.0 Å². The van der Waals surface area contributed by atoms with Crippen LogP contribution in [0.4, 0.5) is 0 Å². The Morgan fingerprint density at radius 3 is 2.84 bits per heavy atom. The van der Waals surface area contributed by atoms with Crippen LogP contribution in [0.1, 0.15) is 33.0 Å². The molecule has 0 saturated carbocycles. The zero-order valence-electron chi connectivity index (χ0n) is 11.7. The van der Waals surface area contributed by atoms with E-state index in [1.165, 1.54) is 6.92 Å². The van der Waals surface area contributed by atoms with E-state index < -0.39 is 0 Å². The minimum atomic E-state index is -0.182. The average molecular weight is 288 g/mol. The summed E-state index contributed by atoms with van der Waals surface area (Å²) in [6, 6.07) is 4.29. The van der Waals surface area contributed by atoms with E-state index in [-0.39, 0.29) is 24.5 Å². The number of piperidine rings is 1. The molecule has 3 atom stereocenters. The Labute approximate surface area is 120 Å². The third kappa shape index (κ3) is 3.98. The fourth-order valence-corrected chi connectivity index (χ4v) is 2.61. The van der Waals surface area contributed by atoms with Crippen molar-refractivity contribution >= 4 is 18.4 Å². The lowest BCUT2D eigenvalue weighted by atomic mass is 9.89. The summed E-state index contributed by atoms with van der Waals surface area (Å²) in [5.41, 5.74) is 0. The Kier molecular flexibility index (Phi) is 5.88. The number of likely N-dealkylation sites (tertiary alicyclic amines) is 1. The van der Waals surface area contributed by atoms with Crippen molar-refractivity contribution in [1.82, 2.24) is 4.90 Å². The summed E-state index contributed by atoms with van der Waals surface area (Å²) in [7, 11) is 0. The fraction of sp³-hybridized carbons (Fsp3) is 0.643. The molecular weight excluding hydrogens is 266 g/mol. The maximum atomic E-state index is 11.1. The molecule has 1 aromatic rings. The highest BCUT2D eigenvalue weighted by Gasteiger charge is 2.34. The molecule has 5 heteroatoms. The molecule has 19 heavy (non-hydrogen) atoms. The van der Waals surface area contributed by atoms with Gasteiger partial charge in [-0.25, -0.2) is 0 Å². The molecule has 2 heterocycles. The molecule has 0 aromatic carbocycles. The number of carbonyl (C=O) groups excluding carboxylic acids is 1. The van der Waals surface area contributed by atoms with Gasteiger partial charge in [0.2, 0.25) is 0 Å². The molecule has 1 aliphatic heterocycles. The van der Waals surface area contributed by atoms with Crippen molar-refractivity contribution < 1.29 is 13.9 Å². The molecular formula is C14H22ClNO3. The van der Waals surface area contributed by atoms with Crippen molar-refractivity contribution in [1.29, 1.82) is 0 Å². The van der Waals surface area contributed by atoms with Gasteiger partial charge in [-0.05, 0) is 25.5 Å². The third-order valence-corrected chi connectivity index (χ3v) is 3.88. The van der Waals surface area contributed by atoms with Gasteiger partial charge in [0.15, 0.2) is 0 Å². The van der Waals surface area contributed by atoms with E-state index in [0.717, 1.165) is 25.3 Å². The van der Waals surface area contributed by atoms with Crippen LogP contribution < -0.4 is 0 Å². The van der Waals surface area contributed by atoms with Gasteiger partial charge in [0.25, 0.3) is 0 Å². The van der Waals surface area contributed by atoms with Crippen LogP contribution in [-0.4, -0.2) is 29.6 Å². The van der Waals surface area contributed by atoms with Crippen molar-refractivity contribution in [3.05, 3.63) is 24.2 Å². The first-order valence-electron chi connectivity index (χ1n) is 6.51.